The predicted octanol–water partition coefficient (Wildman–Crippen LogP) is 3.75. The molecule has 1 saturated carbocycles. The minimum Gasteiger partial charge on any atom is -0.309 e. The predicted molar refractivity (Wildman–Crippen MR) is 87.0 cm³/mol. The second-order valence-corrected chi connectivity index (χ2v) is 6.07. The summed E-state index contributed by atoms with van der Waals surface area (Å²) >= 11 is 0. The van der Waals surface area contributed by atoms with Crippen LogP contribution in [0.1, 0.15) is 12.0 Å². The Morgan fingerprint density at radius 1 is 1.29 bits per heavy atom. The van der Waals surface area contributed by atoms with Crippen LogP contribution in [0.3, 0.4) is 0 Å². The fraction of sp³-hybridized carbons (Fsp3) is 0.222. The fourth-order valence-electron chi connectivity index (χ4n) is 2.79. The van der Waals surface area contributed by atoms with Gasteiger partial charge in [-0.2, -0.15) is 0 Å². The Morgan fingerprint density at radius 3 is 2.83 bits per heavy atom. The number of hydrogen-bond acceptors (Lipinski definition) is 2. The van der Waals surface area contributed by atoms with Gasteiger partial charge in [-0.05, 0) is 48.2 Å². The van der Waals surface area contributed by atoms with E-state index < -0.39 is 12.1 Å². The van der Waals surface area contributed by atoms with E-state index in [1.807, 2.05) is 18.3 Å². The van der Waals surface area contributed by atoms with E-state index >= 15 is 0 Å². The number of fused-ring (bicyclic) bond motifs is 1. The molecular formula is C18H15F2N3O. The molecule has 0 unspecified atom stereocenters. The summed E-state index contributed by atoms with van der Waals surface area (Å²) in [6, 6.07) is 8.61. The summed E-state index contributed by atoms with van der Waals surface area (Å²) in [5, 5.41) is 2.63. The number of alkyl halides is 1. The molecule has 1 aliphatic carbocycles. The largest absolute Gasteiger partial charge is 0.309 e. The lowest BCUT2D eigenvalue weighted by Crippen LogP contribution is -2.15. The summed E-state index contributed by atoms with van der Waals surface area (Å²) < 4.78 is 28.4. The minimum absolute atomic E-state index is 0.253. The van der Waals surface area contributed by atoms with Crippen LogP contribution in [-0.2, 0) is 4.79 Å². The lowest BCUT2D eigenvalue weighted by atomic mass is 10.0. The SMILES string of the molecule is Cc1c(F)cccc1-c1ccc2nc(NC(=O)[C@@H]3C[C@@H]3F)cn2c1. The van der Waals surface area contributed by atoms with E-state index in [-0.39, 0.29) is 18.1 Å². The van der Waals surface area contributed by atoms with Gasteiger partial charge in [0.05, 0.1) is 12.1 Å². The summed E-state index contributed by atoms with van der Waals surface area (Å²) in [7, 11) is 0. The number of rotatable bonds is 3. The van der Waals surface area contributed by atoms with Crippen LogP contribution in [0.25, 0.3) is 16.8 Å². The molecular weight excluding hydrogens is 312 g/mol. The van der Waals surface area contributed by atoms with E-state index in [0.717, 1.165) is 11.1 Å². The van der Waals surface area contributed by atoms with Crippen molar-refractivity contribution >= 4 is 17.4 Å². The summed E-state index contributed by atoms with van der Waals surface area (Å²) in [5.41, 5.74) is 2.87. The van der Waals surface area contributed by atoms with Crippen molar-refractivity contribution in [3.63, 3.8) is 0 Å². The van der Waals surface area contributed by atoms with Crippen molar-refractivity contribution in [1.29, 1.82) is 0 Å². The van der Waals surface area contributed by atoms with Gasteiger partial charge in [0.25, 0.3) is 0 Å². The number of aromatic nitrogens is 2. The topological polar surface area (TPSA) is 46.4 Å². The van der Waals surface area contributed by atoms with E-state index in [0.29, 0.717) is 17.0 Å². The number of halogens is 2. The Labute approximate surface area is 137 Å². The van der Waals surface area contributed by atoms with E-state index in [4.69, 9.17) is 0 Å². The standard InChI is InChI=1S/C18H15F2N3O/c1-10-12(3-2-4-14(10)19)11-5-6-17-21-16(9-23(17)8-11)22-18(24)13-7-15(13)20/h2-6,8-9,13,15H,7H2,1H3,(H,22,24)/t13-,15+/m1/s1. The molecule has 1 N–H and O–H groups in total. The van der Waals surface area contributed by atoms with Gasteiger partial charge in [0.2, 0.25) is 5.91 Å². The van der Waals surface area contributed by atoms with Gasteiger partial charge in [-0.3, -0.25) is 4.79 Å². The summed E-state index contributed by atoms with van der Waals surface area (Å²) in [6.07, 6.45) is 2.74. The highest BCUT2D eigenvalue weighted by Crippen LogP contribution is 2.34. The molecule has 122 valence electrons. The molecule has 0 bridgehead atoms. The molecule has 4 rings (SSSR count). The van der Waals surface area contributed by atoms with E-state index in [1.54, 1.807) is 29.7 Å². The van der Waals surface area contributed by atoms with Crippen LogP contribution < -0.4 is 5.32 Å². The minimum atomic E-state index is -1.04. The van der Waals surface area contributed by atoms with Crippen molar-refractivity contribution in [2.45, 2.75) is 19.5 Å². The van der Waals surface area contributed by atoms with Gasteiger partial charge >= 0.3 is 0 Å². The first-order chi connectivity index (χ1) is 11.5. The van der Waals surface area contributed by atoms with Gasteiger partial charge in [-0.25, -0.2) is 13.8 Å². The zero-order chi connectivity index (χ0) is 16.8. The number of carbonyl (C=O) groups excluding carboxylic acids is 1. The zero-order valence-corrected chi connectivity index (χ0v) is 13.0. The maximum atomic E-state index is 13.7. The lowest BCUT2D eigenvalue weighted by Gasteiger charge is -2.07. The molecule has 24 heavy (non-hydrogen) atoms. The first-order valence-electron chi connectivity index (χ1n) is 7.72. The first kappa shape index (κ1) is 14.8. The van der Waals surface area contributed by atoms with Gasteiger partial charge in [-0.15, -0.1) is 0 Å². The lowest BCUT2D eigenvalue weighted by molar-refractivity contribution is -0.117. The molecule has 2 atom stereocenters. The highest BCUT2D eigenvalue weighted by atomic mass is 19.1. The third-order valence-electron chi connectivity index (χ3n) is 4.33. The molecule has 0 spiro atoms. The number of imidazole rings is 1. The highest BCUT2D eigenvalue weighted by Gasteiger charge is 2.43. The van der Waals surface area contributed by atoms with E-state index in [9.17, 15) is 13.6 Å². The number of amides is 1. The van der Waals surface area contributed by atoms with Crippen molar-refractivity contribution in [3.8, 4) is 11.1 Å². The maximum absolute atomic E-state index is 13.7. The van der Waals surface area contributed by atoms with Crippen LogP contribution in [0.15, 0.2) is 42.7 Å². The summed E-state index contributed by atoms with van der Waals surface area (Å²) in [4.78, 5) is 16.1. The van der Waals surface area contributed by atoms with Crippen LogP contribution in [0.4, 0.5) is 14.6 Å². The number of hydrogen-bond donors (Lipinski definition) is 1. The normalized spacial score (nSPS) is 19.5. The third-order valence-corrected chi connectivity index (χ3v) is 4.33. The Balaban J connectivity index is 1.66. The van der Waals surface area contributed by atoms with Crippen molar-refractivity contribution in [2.24, 2.45) is 5.92 Å². The molecule has 3 aromatic rings. The van der Waals surface area contributed by atoms with Gasteiger partial charge in [0, 0.05) is 6.20 Å². The highest BCUT2D eigenvalue weighted by molar-refractivity contribution is 5.94. The number of anilines is 1. The van der Waals surface area contributed by atoms with Gasteiger partial charge in [-0.1, -0.05) is 12.1 Å². The molecule has 0 aliphatic heterocycles. The van der Waals surface area contributed by atoms with Crippen molar-refractivity contribution < 1.29 is 13.6 Å². The van der Waals surface area contributed by atoms with Crippen LogP contribution in [0.5, 0.6) is 0 Å². The van der Waals surface area contributed by atoms with Crippen LogP contribution >= 0.6 is 0 Å². The molecule has 6 heteroatoms. The molecule has 1 fully saturated rings. The van der Waals surface area contributed by atoms with Crippen LogP contribution in [-0.4, -0.2) is 21.5 Å². The summed E-state index contributed by atoms with van der Waals surface area (Å²) in [6.45, 7) is 1.73. The molecule has 4 nitrogen and oxygen atoms in total. The molecule has 0 saturated heterocycles. The molecule has 1 aliphatic rings. The van der Waals surface area contributed by atoms with Crippen molar-refractivity contribution in [2.75, 3.05) is 5.32 Å². The Kier molecular flexibility index (Phi) is 3.33. The zero-order valence-electron chi connectivity index (χ0n) is 13.0. The Hall–Kier alpha value is -2.76. The Bertz CT molecular complexity index is 951. The monoisotopic (exact) mass is 327 g/mol. The molecule has 1 aromatic carbocycles. The van der Waals surface area contributed by atoms with Crippen LogP contribution in [0, 0.1) is 18.7 Å². The van der Waals surface area contributed by atoms with Gasteiger partial charge < -0.3 is 9.72 Å². The van der Waals surface area contributed by atoms with E-state index in [2.05, 4.69) is 10.3 Å². The Morgan fingerprint density at radius 2 is 2.08 bits per heavy atom. The second kappa shape index (κ2) is 5.40. The smallest absolute Gasteiger partial charge is 0.231 e. The number of nitrogens with zero attached hydrogens (tertiary/aromatic N) is 2. The number of pyridine rings is 1. The molecule has 2 aromatic heterocycles. The first-order valence-corrected chi connectivity index (χ1v) is 7.72. The molecule has 2 heterocycles. The second-order valence-electron chi connectivity index (χ2n) is 6.07. The number of benzene rings is 1. The maximum Gasteiger partial charge on any atom is 0.231 e. The third kappa shape index (κ3) is 2.54. The van der Waals surface area contributed by atoms with Crippen molar-refractivity contribution in [1.82, 2.24) is 9.38 Å². The van der Waals surface area contributed by atoms with Crippen molar-refractivity contribution in [3.05, 3.63) is 54.1 Å². The summed E-state index contributed by atoms with van der Waals surface area (Å²) in [5.74, 6) is -0.768. The quantitative estimate of drug-likeness (QED) is 0.796. The molecule has 0 radical (unpaired) electrons. The van der Waals surface area contributed by atoms with Gasteiger partial charge in [0.1, 0.15) is 17.6 Å². The average molecular weight is 327 g/mol. The fourth-order valence-corrected chi connectivity index (χ4v) is 2.79. The van der Waals surface area contributed by atoms with Crippen LogP contribution in [0.2, 0.25) is 0 Å². The molecule has 1 amide bonds. The van der Waals surface area contributed by atoms with Gasteiger partial charge in [0.15, 0.2) is 5.82 Å². The average Bonchev–Trinajstić information content (AvgIpc) is 3.15. The van der Waals surface area contributed by atoms with E-state index in [1.165, 1.54) is 6.07 Å². The number of nitrogens with one attached hydrogen (secondary N) is 1. The number of carbonyl (C=O) groups is 1.